The number of hydrogen-bond acceptors (Lipinski definition) is 3. The van der Waals surface area contributed by atoms with Crippen LogP contribution in [0.25, 0.3) is 0 Å². The number of halogens is 1. The van der Waals surface area contributed by atoms with E-state index in [9.17, 15) is 9.59 Å². The molecule has 0 radical (unpaired) electrons. The van der Waals surface area contributed by atoms with Crippen LogP contribution >= 0.6 is 11.6 Å². The Morgan fingerprint density at radius 1 is 1.14 bits per heavy atom. The Kier molecular flexibility index (Phi) is 6.49. The molecule has 116 valence electrons. The van der Waals surface area contributed by atoms with Crippen LogP contribution in [0.4, 0.5) is 4.79 Å². The highest BCUT2D eigenvalue weighted by Crippen LogP contribution is 2.11. The summed E-state index contributed by atoms with van der Waals surface area (Å²) >= 11 is 5.79. The molecule has 0 heterocycles. The Labute approximate surface area is 130 Å². The van der Waals surface area contributed by atoms with E-state index in [2.05, 4.69) is 10.6 Å². The van der Waals surface area contributed by atoms with Crippen LogP contribution in [0.3, 0.4) is 0 Å². The summed E-state index contributed by atoms with van der Waals surface area (Å²) in [5.41, 5.74) is 0.786. The second-order valence-corrected chi connectivity index (χ2v) is 5.74. The average Bonchev–Trinajstić information content (AvgIpc) is 2.41. The molecule has 1 aromatic carbocycles. The highest BCUT2D eigenvalue weighted by Gasteiger charge is 2.15. The molecule has 0 fully saturated rings. The van der Waals surface area contributed by atoms with Crippen LogP contribution in [0.1, 0.15) is 36.7 Å². The second kappa shape index (κ2) is 7.88. The first-order valence-electron chi connectivity index (χ1n) is 6.72. The van der Waals surface area contributed by atoms with Crippen molar-refractivity contribution in [3.63, 3.8) is 0 Å². The van der Waals surface area contributed by atoms with Gasteiger partial charge in [0.25, 0.3) is 5.91 Å². The number of alkyl carbamates (subject to hydrolysis) is 1. The molecule has 0 aliphatic heterocycles. The molecule has 0 saturated heterocycles. The topological polar surface area (TPSA) is 67.4 Å². The number of rotatable bonds is 5. The van der Waals surface area contributed by atoms with Gasteiger partial charge < -0.3 is 15.4 Å². The number of amides is 2. The SMILES string of the molecule is CC(C)(C)OC(=O)NCCNC(=O)c1ccccc1CCl. The van der Waals surface area contributed by atoms with Crippen molar-refractivity contribution in [2.45, 2.75) is 32.3 Å². The summed E-state index contributed by atoms with van der Waals surface area (Å²) in [6.07, 6.45) is -0.502. The van der Waals surface area contributed by atoms with E-state index in [0.717, 1.165) is 5.56 Å². The monoisotopic (exact) mass is 312 g/mol. The van der Waals surface area contributed by atoms with Gasteiger partial charge in [-0.1, -0.05) is 18.2 Å². The molecule has 5 nitrogen and oxygen atoms in total. The fraction of sp³-hybridized carbons (Fsp3) is 0.467. The first-order chi connectivity index (χ1) is 9.83. The number of carbonyl (C=O) groups excluding carboxylic acids is 2. The van der Waals surface area contributed by atoms with Crippen LogP contribution in [-0.4, -0.2) is 30.7 Å². The molecule has 0 unspecified atom stereocenters. The van der Waals surface area contributed by atoms with E-state index in [-0.39, 0.29) is 11.8 Å². The molecule has 0 aromatic heterocycles. The summed E-state index contributed by atoms with van der Waals surface area (Å²) in [4.78, 5) is 23.4. The van der Waals surface area contributed by atoms with Gasteiger partial charge in [-0.15, -0.1) is 11.6 Å². The van der Waals surface area contributed by atoms with Gasteiger partial charge in [-0.2, -0.15) is 0 Å². The summed E-state index contributed by atoms with van der Waals surface area (Å²) < 4.78 is 5.09. The molecule has 0 atom stereocenters. The minimum absolute atomic E-state index is 0.211. The third kappa shape index (κ3) is 6.49. The molecule has 6 heteroatoms. The molecule has 0 aliphatic rings. The summed E-state index contributed by atoms with van der Waals surface area (Å²) in [5.74, 6) is 0.0666. The molecule has 0 bridgehead atoms. The number of hydrogen-bond donors (Lipinski definition) is 2. The van der Waals surface area contributed by atoms with Crippen LogP contribution in [0.5, 0.6) is 0 Å². The summed E-state index contributed by atoms with van der Waals surface area (Å²) in [5, 5.41) is 5.30. The Morgan fingerprint density at radius 2 is 1.76 bits per heavy atom. The average molecular weight is 313 g/mol. The molecule has 0 spiro atoms. The van der Waals surface area contributed by atoms with Crippen molar-refractivity contribution in [3.05, 3.63) is 35.4 Å². The summed E-state index contributed by atoms with van der Waals surface area (Å²) in [6.45, 7) is 5.98. The molecule has 0 aliphatic carbocycles. The fourth-order valence-corrected chi connectivity index (χ4v) is 1.84. The molecule has 21 heavy (non-hydrogen) atoms. The number of carbonyl (C=O) groups is 2. The van der Waals surface area contributed by atoms with E-state index >= 15 is 0 Å². The van der Waals surface area contributed by atoms with Gasteiger partial charge in [0.05, 0.1) is 0 Å². The van der Waals surface area contributed by atoms with Crippen LogP contribution in [-0.2, 0) is 10.6 Å². The minimum atomic E-state index is -0.535. The fourth-order valence-electron chi connectivity index (χ4n) is 1.61. The lowest BCUT2D eigenvalue weighted by atomic mass is 10.1. The summed E-state index contributed by atoms with van der Waals surface area (Å²) in [7, 11) is 0. The quantitative estimate of drug-likeness (QED) is 0.649. The van der Waals surface area contributed by atoms with Crippen LogP contribution in [0.15, 0.2) is 24.3 Å². The Bertz CT molecular complexity index is 498. The van der Waals surface area contributed by atoms with Gasteiger partial charge in [-0.05, 0) is 32.4 Å². The van der Waals surface area contributed by atoms with E-state index in [4.69, 9.17) is 16.3 Å². The van der Waals surface area contributed by atoms with Gasteiger partial charge in [0.1, 0.15) is 5.60 Å². The Morgan fingerprint density at radius 3 is 2.38 bits per heavy atom. The zero-order valence-electron chi connectivity index (χ0n) is 12.5. The molecule has 1 rings (SSSR count). The molecular formula is C15H21ClN2O3. The van der Waals surface area contributed by atoms with E-state index < -0.39 is 11.7 Å². The van der Waals surface area contributed by atoms with E-state index in [0.29, 0.717) is 18.7 Å². The van der Waals surface area contributed by atoms with Crippen LogP contribution in [0.2, 0.25) is 0 Å². The maximum absolute atomic E-state index is 12.0. The van der Waals surface area contributed by atoms with Crippen molar-refractivity contribution < 1.29 is 14.3 Å². The van der Waals surface area contributed by atoms with Crippen molar-refractivity contribution in [1.29, 1.82) is 0 Å². The van der Waals surface area contributed by atoms with E-state index in [1.165, 1.54) is 0 Å². The van der Waals surface area contributed by atoms with Gasteiger partial charge in [-0.3, -0.25) is 4.79 Å². The van der Waals surface area contributed by atoms with Gasteiger partial charge in [0.15, 0.2) is 0 Å². The number of ether oxygens (including phenoxy) is 1. The van der Waals surface area contributed by atoms with Crippen molar-refractivity contribution in [2.75, 3.05) is 13.1 Å². The van der Waals surface area contributed by atoms with Crippen LogP contribution in [0, 0.1) is 0 Å². The lowest BCUT2D eigenvalue weighted by Gasteiger charge is -2.19. The van der Waals surface area contributed by atoms with Crippen molar-refractivity contribution in [2.24, 2.45) is 0 Å². The first-order valence-corrected chi connectivity index (χ1v) is 7.26. The molecule has 2 N–H and O–H groups in total. The van der Waals surface area contributed by atoms with Gasteiger partial charge in [0, 0.05) is 24.5 Å². The third-order valence-corrected chi connectivity index (χ3v) is 2.77. The number of benzene rings is 1. The molecular weight excluding hydrogens is 292 g/mol. The van der Waals surface area contributed by atoms with Gasteiger partial charge in [-0.25, -0.2) is 4.79 Å². The second-order valence-electron chi connectivity index (χ2n) is 5.48. The van der Waals surface area contributed by atoms with Crippen molar-refractivity contribution in [3.8, 4) is 0 Å². The number of nitrogens with one attached hydrogen (secondary N) is 2. The molecule has 2 amide bonds. The Hall–Kier alpha value is -1.75. The van der Waals surface area contributed by atoms with Gasteiger partial charge in [0.2, 0.25) is 0 Å². The lowest BCUT2D eigenvalue weighted by Crippen LogP contribution is -2.38. The van der Waals surface area contributed by atoms with Crippen molar-refractivity contribution in [1.82, 2.24) is 10.6 Å². The molecule has 0 saturated carbocycles. The Balaban J connectivity index is 2.36. The zero-order valence-corrected chi connectivity index (χ0v) is 13.3. The predicted molar refractivity (Wildman–Crippen MR) is 82.6 cm³/mol. The maximum atomic E-state index is 12.0. The number of alkyl halides is 1. The van der Waals surface area contributed by atoms with Gasteiger partial charge >= 0.3 is 6.09 Å². The standard InChI is InChI=1S/C15H21ClN2O3/c1-15(2,3)21-14(20)18-9-8-17-13(19)12-7-5-4-6-11(12)10-16/h4-7H,8-10H2,1-3H3,(H,17,19)(H,18,20). The minimum Gasteiger partial charge on any atom is -0.444 e. The van der Waals surface area contributed by atoms with E-state index in [1.54, 1.807) is 39.0 Å². The smallest absolute Gasteiger partial charge is 0.407 e. The van der Waals surface area contributed by atoms with Crippen molar-refractivity contribution >= 4 is 23.6 Å². The lowest BCUT2D eigenvalue weighted by molar-refractivity contribution is 0.0526. The van der Waals surface area contributed by atoms with Crippen LogP contribution < -0.4 is 10.6 Å². The van der Waals surface area contributed by atoms with E-state index in [1.807, 2.05) is 6.07 Å². The highest BCUT2D eigenvalue weighted by molar-refractivity contribution is 6.17. The third-order valence-electron chi connectivity index (χ3n) is 2.48. The summed E-state index contributed by atoms with van der Waals surface area (Å²) in [6, 6.07) is 7.14. The highest BCUT2D eigenvalue weighted by atomic mass is 35.5. The zero-order chi connectivity index (χ0) is 15.9. The largest absolute Gasteiger partial charge is 0.444 e. The first kappa shape index (κ1) is 17.3. The normalized spacial score (nSPS) is 10.9. The maximum Gasteiger partial charge on any atom is 0.407 e. The predicted octanol–water partition coefficient (Wildman–Crippen LogP) is 2.68. The molecule has 1 aromatic rings.